The fourth-order valence-corrected chi connectivity index (χ4v) is 3.60. The van der Waals surface area contributed by atoms with Crippen molar-refractivity contribution in [3.05, 3.63) is 36.3 Å². The van der Waals surface area contributed by atoms with Gasteiger partial charge in [0.2, 0.25) is 0 Å². The Morgan fingerprint density at radius 3 is 3.00 bits per heavy atom. The molecule has 1 aliphatic carbocycles. The molecule has 2 bridgehead atoms. The summed E-state index contributed by atoms with van der Waals surface area (Å²) in [5, 5.41) is 1.35. The van der Waals surface area contributed by atoms with Gasteiger partial charge in [-0.3, -0.25) is 0 Å². The van der Waals surface area contributed by atoms with Crippen molar-refractivity contribution in [2.75, 3.05) is 0 Å². The van der Waals surface area contributed by atoms with Crippen molar-refractivity contribution in [2.24, 2.45) is 5.92 Å². The molecule has 1 saturated heterocycles. The van der Waals surface area contributed by atoms with Crippen LogP contribution in [-0.4, -0.2) is 5.25 Å². The fraction of sp³-hybridized carbons (Fsp3) is 0.400. The van der Waals surface area contributed by atoms with Gasteiger partial charge in [-0.05, 0) is 24.5 Å². The molecule has 3 rings (SSSR count). The van der Waals surface area contributed by atoms with E-state index >= 15 is 0 Å². The molecule has 12 heavy (non-hydrogen) atoms. The number of hydrogen-bond donors (Lipinski definition) is 0. The maximum Gasteiger partial charge on any atom is 0.117 e. The molecule has 2 heterocycles. The van der Waals surface area contributed by atoms with E-state index in [4.69, 9.17) is 4.42 Å². The number of furan rings is 1. The van der Waals surface area contributed by atoms with E-state index in [1.54, 1.807) is 6.26 Å². The van der Waals surface area contributed by atoms with Crippen LogP contribution in [0.1, 0.15) is 17.4 Å². The molecule has 0 aromatic carbocycles. The molecule has 1 fully saturated rings. The van der Waals surface area contributed by atoms with Crippen LogP contribution in [0.4, 0.5) is 0 Å². The van der Waals surface area contributed by atoms with Gasteiger partial charge >= 0.3 is 0 Å². The van der Waals surface area contributed by atoms with Gasteiger partial charge in [0, 0.05) is 5.25 Å². The van der Waals surface area contributed by atoms with Crippen LogP contribution in [-0.2, 0) is 0 Å². The van der Waals surface area contributed by atoms with Crippen molar-refractivity contribution < 1.29 is 4.42 Å². The Morgan fingerprint density at radius 2 is 2.42 bits per heavy atom. The minimum Gasteiger partial charge on any atom is -0.468 e. The molecule has 1 nitrogen and oxygen atoms in total. The van der Waals surface area contributed by atoms with Crippen LogP contribution < -0.4 is 0 Å². The summed E-state index contributed by atoms with van der Waals surface area (Å²) in [6, 6.07) is 4.07. The summed E-state index contributed by atoms with van der Waals surface area (Å²) >= 11 is 2.04. The van der Waals surface area contributed by atoms with Crippen molar-refractivity contribution in [2.45, 2.75) is 16.9 Å². The smallest absolute Gasteiger partial charge is 0.117 e. The lowest BCUT2D eigenvalue weighted by Crippen LogP contribution is -1.99. The van der Waals surface area contributed by atoms with Crippen LogP contribution in [0.5, 0.6) is 0 Å². The van der Waals surface area contributed by atoms with Crippen molar-refractivity contribution >= 4 is 11.8 Å². The van der Waals surface area contributed by atoms with Crippen molar-refractivity contribution in [1.82, 2.24) is 0 Å². The van der Waals surface area contributed by atoms with Crippen LogP contribution >= 0.6 is 11.8 Å². The number of hydrogen-bond acceptors (Lipinski definition) is 2. The molecule has 0 N–H and O–H groups in total. The van der Waals surface area contributed by atoms with Gasteiger partial charge in [-0.2, -0.15) is 0 Å². The SMILES string of the molecule is C1=C[C@H]2C[C@@H]1[C@H](c1ccco1)S2. The van der Waals surface area contributed by atoms with Crippen molar-refractivity contribution in [3.63, 3.8) is 0 Å². The molecular weight excluding hydrogens is 168 g/mol. The Kier molecular flexibility index (Phi) is 1.38. The summed E-state index contributed by atoms with van der Waals surface area (Å²) in [5.74, 6) is 1.88. The first-order chi connectivity index (χ1) is 5.93. The van der Waals surface area contributed by atoms with Gasteiger partial charge in [-0.1, -0.05) is 12.2 Å². The van der Waals surface area contributed by atoms with Crippen LogP contribution in [0.3, 0.4) is 0 Å². The average Bonchev–Trinajstić information content (AvgIpc) is 2.81. The Hall–Kier alpha value is -0.630. The van der Waals surface area contributed by atoms with Gasteiger partial charge in [0.25, 0.3) is 0 Å². The van der Waals surface area contributed by atoms with Crippen molar-refractivity contribution in [3.8, 4) is 0 Å². The highest BCUT2D eigenvalue weighted by molar-refractivity contribution is 8.00. The summed E-state index contributed by atoms with van der Waals surface area (Å²) in [5.41, 5.74) is 0. The zero-order chi connectivity index (χ0) is 7.97. The molecule has 3 atom stereocenters. The highest BCUT2D eigenvalue weighted by Crippen LogP contribution is 2.53. The second kappa shape index (κ2) is 2.43. The van der Waals surface area contributed by atoms with E-state index in [-0.39, 0.29) is 0 Å². The molecule has 0 radical (unpaired) electrons. The molecule has 0 amide bonds. The summed E-state index contributed by atoms with van der Waals surface area (Å²) in [7, 11) is 0. The lowest BCUT2D eigenvalue weighted by molar-refractivity contribution is 0.476. The van der Waals surface area contributed by atoms with Gasteiger partial charge in [-0.25, -0.2) is 0 Å². The highest BCUT2D eigenvalue weighted by Gasteiger charge is 2.38. The van der Waals surface area contributed by atoms with Gasteiger partial charge in [0.1, 0.15) is 5.76 Å². The molecule has 0 unspecified atom stereocenters. The Balaban J connectivity index is 1.92. The zero-order valence-electron chi connectivity index (χ0n) is 6.64. The van der Waals surface area contributed by atoms with E-state index in [0.717, 1.165) is 16.9 Å². The Bertz CT molecular complexity index is 302. The molecule has 0 spiro atoms. The monoisotopic (exact) mass is 178 g/mol. The van der Waals surface area contributed by atoms with E-state index in [9.17, 15) is 0 Å². The van der Waals surface area contributed by atoms with Gasteiger partial charge in [0.15, 0.2) is 0 Å². The Labute approximate surface area is 75.8 Å². The van der Waals surface area contributed by atoms with Crippen LogP contribution in [0.25, 0.3) is 0 Å². The number of thioether (sulfide) groups is 1. The largest absolute Gasteiger partial charge is 0.468 e. The van der Waals surface area contributed by atoms with Crippen LogP contribution in [0.2, 0.25) is 0 Å². The van der Waals surface area contributed by atoms with E-state index in [1.165, 1.54) is 6.42 Å². The number of rotatable bonds is 1. The maximum atomic E-state index is 5.42. The molecule has 1 aliphatic heterocycles. The van der Waals surface area contributed by atoms with Crippen LogP contribution in [0, 0.1) is 5.92 Å². The Morgan fingerprint density at radius 1 is 1.42 bits per heavy atom. The van der Waals surface area contributed by atoms with Gasteiger partial charge in [-0.15, -0.1) is 11.8 Å². The first kappa shape index (κ1) is 6.84. The molecular formula is C10H10OS. The molecule has 1 aromatic rings. The molecule has 2 aliphatic rings. The number of allylic oxidation sites excluding steroid dienone is 1. The predicted molar refractivity (Wildman–Crippen MR) is 50.1 cm³/mol. The first-order valence-electron chi connectivity index (χ1n) is 4.31. The first-order valence-corrected chi connectivity index (χ1v) is 5.25. The average molecular weight is 178 g/mol. The van der Waals surface area contributed by atoms with E-state index < -0.39 is 0 Å². The minimum atomic E-state index is 0.593. The minimum absolute atomic E-state index is 0.593. The standard InChI is InChI=1S/C10H10OS/c1-2-9(11-5-1)10-7-3-4-8(6-7)12-10/h1-5,7-8,10H,6H2/t7-,8+,10-/m1/s1. The zero-order valence-corrected chi connectivity index (χ0v) is 7.46. The summed E-state index contributed by atoms with van der Waals surface area (Å²) in [6.45, 7) is 0. The lowest BCUT2D eigenvalue weighted by Gasteiger charge is -2.14. The third-order valence-corrected chi connectivity index (χ3v) is 4.19. The van der Waals surface area contributed by atoms with E-state index in [2.05, 4.69) is 18.2 Å². The number of fused-ring (bicyclic) bond motifs is 2. The summed E-state index contributed by atoms with van der Waals surface area (Å²) in [6.07, 6.45) is 7.75. The lowest BCUT2D eigenvalue weighted by atomic mass is 10.0. The van der Waals surface area contributed by atoms with Gasteiger partial charge in [0.05, 0.1) is 11.5 Å². The molecule has 62 valence electrons. The fourth-order valence-electron chi connectivity index (χ4n) is 2.04. The van der Waals surface area contributed by atoms with Gasteiger partial charge < -0.3 is 4.42 Å². The third-order valence-electron chi connectivity index (χ3n) is 2.61. The summed E-state index contributed by atoms with van der Waals surface area (Å²) < 4.78 is 5.42. The third kappa shape index (κ3) is 0.876. The maximum absolute atomic E-state index is 5.42. The normalized spacial score (nSPS) is 37.8. The van der Waals surface area contributed by atoms with Crippen molar-refractivity contribution in [1.29, 1.82) is 0 Å². The second-order valence-electron chi connectivity index (χ2n) is 3.40. The predicted octanol–water partition coefficient (Wildman–Crippen LogP) is 3.01. The van der Waals surface area contributed by atoms with E-state index in [1.807, 2.05) is 17.8 Å². The highest BCUT2D eigenvalue weighted by atomic mass is 32.2. The topological polar surface area (TPSA) is 13.1 Å². The molecule has 1 aromatic heterocycles. The van der Waals surface area contributed by atoms with Crippen LogP contribution in [0.15, 0.2) is 35.0 Å². The molecule has 0 saturated carbocycles. The van der Waals surface area contributed by atoms with E-state index in [0.29, 0.717) is 5.25 Å². The molecule has 2 heteroatoms. The quantitative estimate of drug-likeness (QED) is 0.613. The second-order valence-corrected chi connectivity index (χ2v) is 4.78. The summed E-state index contributed by atoms with van der Waals surface area (Å²) in [4.78, 5) is 0.